The maximum Gasteiger partial charge on any atom is 0.251 e. The number of hydrazine groups is 1. The monoisotopic (exact) mass is 261 g/mol. The molecule has 1 fully saturated rings. The van der Waals surface area contributed by atoms with E-state index in [2.05, 4.69) is 10.9 Å². The van der Waals surface area contributed by atoms with E-state index in [1.807, 2.05) is 37.3 Å². The van der Waals surface area contributed by atoms with Crippen LogP contribution in [0.2, 0.25) is 0 Å². The summed E-state index contributed by atoms with van der Waals surface area (Å²) in [5, 5.41) is 0. The van der Waals surface area contributed by atoms with E-state index in [4.69, 9.17) is 0 Å². The molecule has 1 aliphatic heterocycles. The van der Waals surface area contributed by atoms with Crippen LogP contribution in [0.15, 0.2) is 30.3 Å². The van der Waals surface area contributed by atoms with Gasteiger partial charge < -0.3 is 4.90 Å². The molecule has 0 aromatic heterocycles. The summed E-state index contributed by atoms with van der Waals surface area (Å²) in [5.41, 5.74) is 5.18. The Hall–Kier alpha value is -2.37. The molecule has 0 unspecified atom stereocenters. The minimum Gasteiger partial charge on any atom is -0.313 e. The predicted octanol–water partition coefficient (Wildman–Crippen LogP) is 0.207. The normalized spacial score (nSPS) is 15.0. The molecule has 1 heterocycles. The summed E-state index contributed by atoms with van der Waals surface area (Å²) in [6.07, 6.45) is -0.125. The Morgan fingerprint density at radius 3 is 2.26 bits per heavy atom. The van der Waals surface area contributed by atoms with Crippen molar-refractivity contribution in [2.45, 2.75) is 13.3 Å². The standard InChI is InChI=1S/C13H15N3O3/c1-2-16(9-6-4-3-5-7-9)11(17)8-10-12(18)14-15-13(10)19/h3-7,10H,2,8H2,1H3,(H,14,18)(H,15,19). The highest BCUT2D eigenvalue weighted by Gasteiger charge is 2.35. The minimum atomic E-state index is -0.940. The van der Waals surface area contributed by atoms with Crippen LogP contribution in [0.4, 0.5) is 5.69 Å². The summed E-state index contributed by atoms with van der Waals surface area (Å²) >= 11 is 0. The van der Waals surface area contributed by atoms with Crippen molar-refractivity contribution in [3.63, 3.8) is 0 Å². The average molecular weight is 261 g/mol. The smallest absolute Gasteiger partial charge is 0.251 e. The Kier molecular flexibility index (Phi) is 3.79. The first-order valence-corrected chi connectivity index (χ1v) is 6.08. The van der Waals surface area contributed by atoms with Crippen molar-refractivity contribution in [3.8, 4) is 0 Å². The summed E-state index contributed by atoms with van der Waals surface area (Å²) in [6, 6.07) is 9.16. The van der Waals surface area contributed by atoms with Gasteiger partial charge in [-0.05, 0) is 19.1 Å². The quantitative estimate of drug-likeness (QED) is 0.760. The molecule has 6 heteroatoms. The first-order valence-electron chi connectivity index (χ1n) is 6.08. The van der Waals surface area contributed by atoms with Crippen molar-refractivity contribution < 1.29 is 14.4 Å². The summed E-state index contributed by atoms with van der Waals surface area (Å²) in [5.74, 6) is -2.10. The minimum absolute atomic E-state index is 0.125. The van der Waals surface area contributed by atoms with Crippen LogP contribution >= 0.6 is 0 Å². The van der Waals surface area contributed by atoms with E-state index in [9.17, 15) is 14.4 Å². The molecule has 2 rings (SSSR count). The van der Waals surface area contributed by atoms with Crippen LogP contribution < -0.4 is 15.8 Å². The molecule has 1 aliphatic rings. The number of para-hydroxylation sites is 1. The van der Waals surface area contributed by atoms with Crippen molar-refractivity contribution in [2.75, 3.05) is 11.4 Å². The Morgan fingerprint density at radius 1 is 1.16 bits per heavy atom. The fourth-order valence-electron chi connectivity index (χ4n) is 2.00. The van der Waals surface area contributed by atoms with Crippen LogP contribution in [-0.4, -0.2) is 24.3 Å². The van der Waals surface area contributed by atoms with Crippen LogP contribution in [0.3, 0.4) is 0 Å². The molecule has 0 aliphatic carbocycles. The fraction of sp³-hybridized carbons (Fsp3) is 0.308. The molecule has 1 aromatic carbocycles. The summed E-state index contributed by atoms with van der Waals surface area (Å²) in [6.45, 7) is 2.33. The zero-order valence-electron chi connectivity index (χ0n) is 10.6. The molecule has 1 saturated heterocycles. The van der Waals surface area contributed by atoms with Crippen LogP contribution in [0.25, 0.3) is 0 Å². The SMILES string of the molecule is CCN(C(=O)CC1C(=O)NNC1=O)c1ccccc1. The van der Waals surface area contributed by atoms with E-state index in [0.29, 0.717) is 6.54 Å². The van der Waals surface area contributed by atoms with Crippen LogP contribution in [-0.2, 0) is 14.4 Å². The molecule has 0 bridgehead atoms. The molecule has 0 saturated carbocycles. The number of nitrogens with one attached hydrogen (secondary N) is 2. The second-order valence-corrected chi connectivity index (χ2v) is 4.21. The van der Waals surface area contributed by atoms with Gasteiger partial charge in [0.25, 0.3) is 11.8 Å². The van der Waals surface area contributed by atoms with E-state index in [0.717, 1.165) is 5.69 Å². The number of rotatable bonds is 4. The molecule has 0 atom stereocenters. The second kappa shape index (κ2) is 5.51. The Labute approximate surface area is 110 Å². The predicted molar refractivity (Wildman–Crippen MR) is 68.9 cm³/mol. The molecule has 2 N–H and O–H groups in total. The van der Waals surface area contributed by atoms with E-state index in [1.165, 1.54) is 0 Å². The van der Waals surface area contributed by atoms with Gasteiger partial charge in [0.05, 0.1) is 0 Å². The highest BCUT2D eigenvalue weighted by atomic mass is 16.2. The highest BCUT2D eigenvalue weighted by Crippen LogP contribution is 2.17. The lowest BCUT2D eigenvalue weighted by Crippen LogP contribution is -2.34. The Bertz CT molecular complexity index is 485. The third-order valence-electron chi connectivity index (χ3n) is 3.01. The lowest BCUT2D eigenvalue weighted by atomic mass is 10.0. The van der Waals surface area contributed by atoms with Gasteiger partial charge in [-0.1, -0.05) is 18.2 Å². The zero-order valence-corrected chi connectivity index (χ0v) is 10.6. The molecular formula is C13H15N3O3. The van der Waals surface area contributed by atoms with Gasteiger partial charge in [-0.2, -0.15) is 0 Å². The molecular weight excluding hydrogens is 246 g/mol. The summed E-state index contributed by atoms with van der Waals surface area (Å²) in [4.78, 5) is 36.5. The van der Waals surface area contributed by atoms with Gasteiger partial charge >= 0.3 is 0 Å². The van der Waals surface area contributed by atoms with Crippen molar-refractivity contribution in [3.05, 3.63) is 30.3 Å². The van der Waals surface area contributed by atoms with Gasteiger partial charge in [-0.25, -0.2) is 0 Å². The van der Waals surface area contributed by atoms with Gasteiger partial charge in [0, 0.05) is 18.7 Å². The Balaban J connectivity index is 2.10. The maximum absolute atomic E-state index is 12.2. The van der Waals surface area contributed by atoms with Crippen LogP contribution in [0, 0.1) is 5.92 Å². The number of benzene rings is 1. The first kappa shape index (κ1) is 13.1. The van der Waals surface area contributed by atoms with Gasteiger partial charge in [0.15, 0.2) is 0 Å². The highest BCUT2D eigenvalue weighted by molar-refractivity contribution is 6.09. The molecule has 3 amide bonds. The second-order valence-electron chi connectivity index (χ2n) is 4.21. The number of hydrogen-bond acceptors (Lipinski definition) is 3. The molecule has 100 valence electrons. The number of anilines is 1. The summed E-state index contributed by atoms with van der Waals surface area (Å²) < 4.78 is 0. The van der Waals surface area contributed by atoms with Crippen molar-refractivity contribution in [2.24, 2.45) is 5.92 Å². The van der Waals surface area contributed by atoms with E-state index >= 15 is 0 Å². The number of amides is 3. The number of carbonyl (C=O) groups excluding carboxylic acids is 3. The summed E-state index contributed by atoms with van der Waals surface area (Å²) in [7, 11) is 0. The van der Waals surface area contributed by atoms with E-state index < -0.39 is 17.7 Å². The number of carbonyl (C=O) groups is 3. The molecule has 0 spiro atoms. The zero-order chi connectivity index (χ0) is 13.8. The number of hydrogen-bond donors (Lipinski definition) is 2. The van der Waals surface area contributed by atoms with Crippen LogP contribution in [0.1, 0.15) is 13.3 Å². The van der Waals surface area contributed by atoms with Crippen molar-refractivity contribution in [1.29, 1.82) is 0 Å². The molecule has 19 heavy (non-hydrogen) atoms. The van der Waals surface area contributed by atoms with E-state index in [1.54, 1.807) is 4.90 Å². The first-order chi connectivity index (χ1) is 9.13. The van der Waals surface area contributed by atoms with Gasteiger partial charge in [0.1, 0.15) is 5.92 Å². The van der Waals surface area contributed by atoms with Crippen molar-refractivity contribution >= 4 is 23.4 Å². The van der Waals surface area contributed by atoms with Gasteiger partial charge in [0.2, 0.25) is 5.91 Å². The third kappa shape index (κ3) is 2.73. The average Bonchev–Trinajstić information content (AvgIpc) is 2.73. The van der Waals surface area contributed by atoms with Crippen molar-refractivity contribution in [1.82, 2.24) is 10.9 Å². The van der Waals surface area contributed by atoms with E-state index in [-0.39, 0.29) is 12.3 Å². The van der Waals surface area contributed by atoms with Crippen LogP contribution in [0.5, 0.6) is 0 Å². The molecule has 1 aromatic rings. The molecule has 6 nitrogen and oxygen atoms in total. The Morgan fingerprint density at radius 2 is 1.74 bits per heavy atom. The number of nitrogens with zero attached hydrogens (tertiary/aromatic N) is 1. The largest absolute Gasteiger partial charge is 0.313 e. The maximum atomic E-state index is 12.2. The lowest BCUT2D eigenvalue weighted by molar-refractivity contribution is -0.132. The third-order valence-corrected chi connectivity index (χ3v) is 3.01. The lowest BCUT2D eigenvalue weighted by Gasteiger charge is -2.21. The molecule has 0 radical (unpaired) electrons. The van der Waals surface area contributed by atoms with Gasteiger partial charge in [-0.15, -0.1) is 0 Å². The van der Waals surface area contributed by atoms with Gasteiger partial charge in [-0.3, -0.25) is 25.2 Å². The fourth-order valence-corrected chi connectivity index (χ4v) is 2.00. The topological polar surface area (TPSA) is 78.5 Å².